The van der Waals surface area contributed by atoms with Gasteiger partial charge in [0.1, 0.15) is 0 Å². The Morgan fingerprint density at radius 1 is 1.60 bits per heavy atom. The lowest BCUT2D eigenvalue weighted by atomic mass is 9.83. The fourth-order valence-corrected chi connectivity index (χ4v) is 2.36. The zero-order valence-corrected chi connectivity index (χ0v) is 9.74. The van der Waals surface area contributed by atoms with E-state index >= 15 is 0 Å². The van der Waals surface area contributed by atoms with Crippen molar-refractivity contribution in [3.8, 4) is 0 Å². The van der Waals surface area contributed by atoms with Crippen LogP contribution < -0.4 is 0 Å². The van der Waals surface area contributed by atoms with Gasteiger partial charge in [-0.05, 0) is 32.1 Å². The zero-order valence-electron chi connectivity index (χ0n) is 9.74. The van der Waals surface area contributed by atoms with Crippen LogP contribution in [0, 0.1) is 11.8 Å². The molecule has 1 heterocycles. The fourth-order valence-electron chi connectivity index (χ4n) is 2.36. The second-order valence-electron chi connectivity index (χ2n) is 5.38. The second-order valence-corrected chi connectivity index (χ2v) is 5.38. The minimum atomic E-state index is 0.217. The molecule has 0 aromatic rings. The first-order valence-corrected chi connectivity index (χ1v) is 6.00. The Labute approximate surface area is 91.8 Å². The molecule has 3 heteroatoms. The van der Waals surface area contributed by atoms with Crippen LogP contribution in [0.4, 0.5) is 0 Å². The Morgan fingerprint density at radius 3 is 3.07 bits per heavy atom. The zero-order chi connectivity index (χ0) is 10.9. The fraction of sp³-hybridized carbons (Fsp3) is 1.00. The van der Waals surface area contributed by atoms with Gasteiger partial charge < -0.3 is 14.6 Å². The Bertz CT molecular complexity index is 219. The average Bonchev–Trinajstić information content (AvgIpc) is 2.89. The van der Waals surface area contributed by atoms with Crippen molar-refractivity contribution in [2.75, 3.05) is 19.8 Å². The summed E-state index contributed by atoms with van der Waals surface area (Å²) in [5, 5.41) is 8.85. The molecule has 0 spiro atoms. The third kappa shape index (κ3) is 2.71. The SMILES string of the molecule is CC(CO)COCC1CCC2(C)OC2C1. The van der Waals surface area contributed by atoms with Gasteiger partial charge in [-0.3, -0.25) is 0 Å². The summed E-state index contributed by atoms with van der Waals surface area (Å²) in [6.45, 7) is 5.94. The lowest BCUT2D eigenvalue weighted by molar-refractivity contribution is 0.0491. The average molecular weight is 214 g/mol. The van der Waals surface area contributed by atoms with Crippen molar-refractivity contribution in [2.45, 2.75) is 44.8 Å². The van der Waals surface area contributed by atoms with Crippen LogP contribution in [-0.2, 0) is 9.47 Å². The van der Waals surface area contributed by atoms with E-state index in [1.54, 1.807) is 0 Å². The Balaban J connectivity index is 1.61. The van der Waals surface area contributed by atoms with Gasteiger partial charge in [0.25, 0.3) is 0 Å². The molecule has 1 saturated heterocycles. The van der Waals surface area contributed by atoms with Gasteiger partial charge in [0.05, 0.1) is 18.3 Å². The predicted molar refractivity (Wildman–Crippen MR) is 57.7 cm³/mol. The first-order valence-electron chi connectivity index (χ1n) is 6.00. The molecule has 0 radical (unpaired) electrons. The summed E-state index contributed by atoms with van der Waals surface area (Å²) in [6.07, 6.45) is 4.06. The molecular formula is C12H22O3. The third-order valence-electron chi connectivity index (χ3n) is 3.70. The highest BCUT2D eigenvalue weighted by Gasteiger charge is 2.55. The van der Waals surface area contributed by atoms with Gasteiger partial charge in [0, 0.05) is 19.1 Å². The van der Waals surface area contributed by atoms with Crippen molar-refractivity contribution < 1.29 is 14.6 Å². The van der Waals surface area contributed by atoms with E-state index in [2.05, 4.69) is 6.92 Å². The Hall–Kier alpha value is -0.120. The van der Waals surface area contributed by atoms with E-state index in [1.807, 2.05) is 6.92 Å². The van der Waals surface area contributed by atoms with Gasteiger partial charge in [-0.25, -0.2) is 0 Å². The van der Waals surface area contributed by atoms with Crippen LogP contribution in [0.3, 0.4) is 0 Å². The number of aliphatic hydroxyl groups excluding tert-OH is 1. The summed E-state index contributed by atoms with van der Waals surface area (Å²) in [5.41, 5.74) is 0.217. The number of hydrogen-bond donors (Lipinski definition) is 1. The number of rotatable bonds is 5. The number of ether oxygens (including phenoxy) is 2. The molecule has 1 aliphatic heterocycles. The molecule has 0 aromatic heterocycles. The van der Waals surface area contributed by atoms with Gasteiger partial charge in [0.15, 0.2) is 0 Å². The highest BCUT2D eigenvalue weighted by atomic mass is 16.6. The molecule has 1 saturated carbocycles. The van der Waals surface area contributed by atoms with Crippen LogP contribution in [0.25, 0.3) is 0 Å². The van der Waals surface area contributed by atoms with E-state index < -0.39 is 0 Å². The van der Waals surface area contributed by atoms with Crippen LogP contribution in [0.2, 0.25) is 0 Å². The van der Waals surface area contributed by atoms with Crippen molar-refractivity contribution in [3.05, 3.63) is 0 Å². The monoisotopic (exact) mass is 214 g/mol. The predicted octanol–water partition coefficient (Wildman–Crippen LogP) is 1.59. The summed E-state index contributed by atoms with van der Waals surface area (Å²) in [4.78, 5) is 0. The molecular weight excluding hydrogens is 192 g/mol. The Morgan fingerprint density at radius 2 is 2.40 bits per heavy atom. The minimum Gasteiger partial charge on any atom is -0.396 e. The molecule has 4 atom stereocenters. The van der Waals surface area contributed by atoms with E-state index in [9.17, 15) is 0 Å². The molecule has 1 N–H and O–H groups in total. The van der Waals surface area contributed by atoms with Crippen LogP contribution >= 0.6 is 0 Å². The molecule has 2 fully saturated rings. The molecule has 4 unspecified atom stereocenters. The highest BCUT2D eigenvalue weighted by Crippen LogP contribution is 2.49. The van der Waals surface area contributed by atoms with E-state index in [0.29, 0.717) is 18.6 Å². The normalized spacial score (nSPS) is 41.0. The van der Waals surface area contributed by atoms with Gasteiger partial charge in [-0.2, -0.15) is 0 Å². The molecule has 3 nitrogen and oxygen atoms in total. The first kappa shape index (κ1) is 11.4. The van der Waals surface area contributed by atoms with E-state index in [0.717, 1.165) is 13.0 Å². The summed E-state index contributed by atoms with van der Waals surface area (Å²) < 4.78 is 11.3. The molecule has 0 bridgehead atoms. The molecule has 0 amide bonds. The van der Waals surface area contributed by atoms with Crippen LogP contribution in [-0.4, -0.2) is 36.6 Å². The lowest BCUT2D eigenvalue weighted by Crippen LogP contribution is -2.25. The van der Waals surface area contributed by atoms with E-state index in [4.69, 9.17) is 14.6 Å². The van der Waals surface area contributed by atoms with Crippen LogP contribution in [0.15, 0.2) is 0 Å². The van der Waals surface area contributed by atoms with Crippen LogP contribution in [0.1, 0.15) is 33.1 Å². The van der Waals surface area contributed by atoms with Gasteiger partial charge in [-0.1, -0.05) is 6.92 Å². The topological polar surface area (TPSA) is 42.0 Å². The standard InChI is InChI=1S/C12H22O3/c1-9(6-13)7-14-8-10-3-4-12(2)11(5-10)15-12/h9-11,13H,3-8H2,1-2H3. The summed E-state index contributed by atoms with van der Waals surface area (Å²) in [7, 11) is 0. The summed E-state index contributed by atoms with van der Waals surface area (Å²) in [6, 6.07) is 0. The maximum absolute atomic E-state index is 8.85. The van der Waals surface area contributed by atoms with Gasteiger partial charge >= 0.3 is 0 Å². The molecule has 1 aliphatic carbocycles. The van der Waals surface area contributed by atoms with E-state index in [1.165, 1.54) is 12.8 Å². The van der Waals surface area contributed by atoms with Crippen LogP contribution in [0.5, 0.6) is 0 Å². The second kappa shape index (κ2) is 4.40. The van der Waals surface area contributed by atoms with Crippen molar-refractivity contribution in [1.82, 2.24) is 0 Å². The van der Waals surface area contributed by atoms with Gasteiger partial charge in [-0.15, -0.1) is 0 Å². The molecule has 2 rings (SSSR count). The van der Waals surface area contributed by atoms with Crippen molar-refractivity contribution >= 4 is 0 Å². The molecule has 2 aliphatic rings. The molecule has 15 heavy (non-hydrogen) atoms. The maximum Gasteiger partial charge on any atom is 0.0920 e. The number of fused-ring (bicyclic) bond motifs is 1. The van der Waals surface area contributed by atoms with Crippen molar-refractivity contribution in [1.29, 1.82) is 0 Å². The highest BCUT2D eigenvalue weighted by molar-refractivity contribution is 5.03. The molecule has 88 valence electrons. The third-order valence-corrected chi connectivity index (χ3v) is 3.70. The van der Waals surface area contributed by atoms with Gasteiger partial charge in [0.2, 0.25) is 0 Å². The summed E-state index contributed by atoms with van der Waals surface area (Å²) >= 11 is 0. The minimum absolute atomic E-state index is 0.217. The molecule has 0 aromatic carbocycles. The maximum atomic E-state index is 8.85. The number of hydrogen-bond acceptors (Lipinski definition) is 3. The van der Waals surface area contributed by atoms with Crippen molar-refractivity contribution in [3.63, 3.8) is 0 Å². The smallest absolute Gasteiger partial charge is 0.0920 e. The van der Waals surface area contributed by atoms with Crippen molar-refractivity contribution in [2.24, 2.45) is 11.8 Å². The lowest BCUT2D eigenvalue weighted by Gasteiger charge is -2.22. The Kier molecular flexibility index (Phi) is 3.33. The quantitative estimate of drug-likeness (QED) is 0.707. The summed E-state index contributed by atoms with van der Waals surface area (Å²) in [5.74, 6) is 0.924. The largest absolute Gasteiger partial charge is 0.396 e. The first-order chi connectivity index (χ1) is 7.14. The number of aliphatic hydroxyl groups is 1. The van der Waals surface area contributed by atoms with E-state index in [-0.39, 0.29) is 18.1 Å². The number of epoxide rings is 1.